The summed E-state index contributed by atoms with van der Waals surface area (Å²) in [7, 11) is 1.40. The molecule has 5 nitrogen and oxygen atoms in total. The zero-order chi connectivity index (χ0) is 32.2. The zero-order valence-electron chi connectivity index (χ0n) is 29.1. The van der Waals surface area contributed by atoms with Crippen molar-refractivity contribution in [3.8, 4) is 17.2 Å². The van der Waals surface area contributed by atoms with Crippen molar-refractivity contribution in [3.63, 3.8) is 0 Å². The van der Waals surface area contributed by atoms with Crippen LogP contribution in [0, 0.1) is 17.8 Å². The van der Waals surface area contributed by atoms with E-state index in [1.54, 1.807) is 12.1 Å². The van der Waals surface area contributed by atoms with Gasteiger partial charge in [-0.05, 0) is 129 Å². The van der Waals surface area contributed by atoms with Gasteiger partial charge in [0, 0.05) is 0 Å². The van der Waals surface area contributed by atoms with Gasteiger partial charge in [-0.15, -0.1) is 0 Å². The molecule has 0 aliphatic heterocycles. The molecule has 0 saturated heterocycles. The molecule has 0 fully saturated rings. The highest BCUT2D eigenvalue weighted by molar-refractivity contribution is 5.91. The summed E-state index contributed by atoms with van der Waals surface area (Å²) in [5.41, 5.74) is 4.47. The van der Waals surface area contributed by atoms with Crippen LogP contribution < -0.4 is 14.2 Å². The van der Waals surface area contributed by atoms with Crippen LogP contribution >= 0.6 is 0 Å². The molecule has 0 unspecified atom stereocenters. The molecular weight excluding hydrogens is 536 g/mol. The number of benzene rings is 1. The van der Waals surface area contributed by atoms with E-state index in [2.05, 4.69) is 80.5 Å². The third kappa shape index (κ3) is 17.9. The Morgan fingerprint density at radius 1 is 0.605 bits per heavy atom. The number of hydrogen-bond acceptors (Lipinski definition) is 5. The normalized spacial score (nSPS) is 12.9. The van der Waals surface area contributed by atoms with Crippen molar-refractivity contribution in [3.05, 3.63) is 52.6 Å². The molecule has 1 aromatic carbocycles. The van der Waals surface area contributed by atoms with Crippen LogP contribution in [0.25, 0.3) is 0 Å². The number of methoxy groups -OCH3 is 1. The summed E-state index contributed by atoms with van der Waals surface area (Å²) >= 11 is 0. The maximum absolute atomic E-state index is 12.6. The number of rotatable bonds is 22. The molecule has 0 N–H and O–H groups in total. The first-order valence-corrected chi connectivity index (χ1v) is 16.5. The van der Waals surface area contributed by atoms with Gasteiger partial charge in [0.1, 0.15) is 0 Å². The first kappa shape index (κ1) is 38.3. The largest absolute Gasteiger partial charge is 0.490 e. The van der Waals surface area contributed by atoms with Crippen molar-refractivity contribution in [2.75, 3.05) is 26.9 Å². The van der Waals surface area contributed by atoms with Crippen LogP contribution in [0.5, 0.6) is 17.2 Å². The number of carbonyl (C=O) groups is 1. The summed E-state index contributed by atoms with van der Waals surface area (Å²) in [5, 5.41) is 0. The van der Waals surface area contributed by atoms with Crippen LogP contribution in [-0.2, 0) is 4.74 Å². The quantitative estimate of drug-likeness (QED) is 0.0981. The zero-order valence-corrected chi connectivity index (χ0v) is 29.1. The van der Waals surface area contributed by atoms with Crippen molar-refractivity contribution in [1.29, 1.82) is 0 Å². The molecule has 43 heavy (non-hydrogen) atoms. The minimum atomic E-state index is -0.417. The highest BCUT2D eigenvalue weighted by Crippen LogP contribution is 2.40. The fourth-order valence-corrected chi connectivity index (χ4v) is 4.67. The Balaban J connectivity index is 3.08. The van der Waals surface area contributed by atoms with Crippen LogP contribution in [0.3, 0.4) is 0 Å². The average molecular weight is 599 g/mol. The van der Waals surface area contributed by atoms with Gasteiger partial charge >= 0.3 is 5.97 Å². The van der Waals surface area contributed by atoms with Crippen LogP contribution in [-0.4, -0.2) is 32.9 Å². The Labute approximate surface area is 264 Å². The van der Waals surface area contributed by atoms with E-state index < -0.39 is 5.97 Å². The third-order valence-corrected chi connectivity index (χ3v) is 7.67. The first-order valence-electron chi connectivity index (χ1n) is 16.5. The van der Waals surface area contributed by atoms with Crippen LogP contribution in [0.15, 0.2) is 47.1 Å². The second kappa shape index (κ2) is 21.9. The highest BCUT2D eigenvalue weighted by atomic mass is 16.5. The predicted molar refractivity (Wildman–Crippen MR) is 182 cm³/mol. The number of hydrogen-bond donors (Lipinski definition) is 0. The molecule has 0 saturated carbocycles. The van der Waals surface area contributed by atoms with E-state index in [0.29, 0.717) is 60.4 Å². The summed E-state index contributed by atoms with van der Waals surface area (Å²) in [6.07, 6.45) is 16.2. The molecule has 3 atom stereocenters. The van der Waals surface area contributed by atoms with Gasteiger partial charge in [0.2, 0.25) is 5.75 Å². The average Bonchev–Trinajstić information content (AvgIpc) is 2.92. The molecule has 0 aliphatic carbocycles. The predicted octanol–water partition coefficient (Wildman–Crippen LogP) is 10.9. The molecule has 1 aromatic rings. The topological polar surface area (TPSA) is 54.0 Å². The number of allylic oxidation sites excluding steroid dienone is 6. The first-order chi connectivity index (χ1) is 20.4. The van der Waals surface area contributed by atoms with Crippen molar-refractivity contribution in [2.24, 2.45) is 17.8 Å². The number of esters is 1. The van der Waals surface area contributed by atoms with E-state index in [1.807, 2.05) is 0 Å². The van der Waals surface area contributed by atoms with Gasteiger partial charge in [0.25, 0.3) is 0 Å². The molecule has 1 rings (SSSR count). The van der Waals surface area contributed by atoms with Crippen molar-refractivity contribution in [2.45, 2.75) is 120 Å². The van der Waals surface area contributed by atoms with E-state index in [0.717, 1.165) is 57.8 Å². The molecule has 0 radical (unpaired) electrons. The molecule has 0 bridgehead atoms. The highest BCUT2D eigenvalue weighted by Gasteiger charge is 2.20. The SMILES string of the molecule is COC(=O)c1cc(OCC[C@@H](C)CCC=C(C)C)c(OCC[C@@H](C)CCC=C(C)C)c(OCC[C@@H](C)CCC=C(C)C)c1. The smallest absolute Gasteiger partial charge is 0.338 e. The van der Waals surface area contributed by atoms with Gasteiger partial charge < -0.3 is 18.9 Å². The van der Waals surface area contributed by atoms with Gasteiger partial charge in [0.15, 0.2) is 11.5 Å². The minimum Gasteiger partial charge on any atom is -0.490 e. The maximum Gasteiger partial charge on any atom is 0.338 e. The van der Waals surface area contributed by atoms with E-state index in [9.17, 15) is 4.79 Å². The van der Waals surface area contributed by atoms with Crippen molar-refractivity contribution < 1.29 is 23.7 Å². The molecule has 0 heterocycles. The molecule has 0 aromatic heterocycles. The maximum atomic E-state index is 12.6. The Hall–Kier alpha value is -2.69. The molecule has 0 aliphatic rings. The van der Waals surface area contributed by atoms with Crippen LogP contribution in [0.4, 0.5) is 0 Å². The van der Waals surface area contributed by atoms with E-state index in [-0.39, 0.29) is 0 Å². The van der Waals surface area contributed by atoms with Gasteiger partial charge in [-0.2, -0.15) is 0 Å². The van der Waals surface area contributed by atoms with Crippen molar-refractivity contribution >= 4 is 5.97 Å². The van der Waals surface area contributed by atoms with E-state index >= 15 is 0 Å². The van der Waals surface area contributed by atoms with E-state index in [1.165, 1.54) is 23.8 Å². The van der Waals surface area contributed by atoms with Crippen LogP contribution in [0.2, 0.25) is 0 Å². The Kier molecular flexibility index (Phi) is 19.5. The lowest BCUT2D eigenvalue weighted by molar-refractivity contribution is 0.0599. The molecule has 5 heteroatoms. The fraction of sp³-hybridized carbons (Fsp3) is 0.658. The Morgan fingerprint density at radius 3 is 1.28 bits per heavy atom. The second-order valence-electron chi connectivity index (χ2n) is 13.1. The minimum absolute atomic E-state index is 0.406. The molecular formula is C38H62O5. The molecule has 244 valence electrons. The fourth-order valence-electron chi connectivity index (χ4n) is 4.67. The lowest BCUT2D eigenvalue weighted by Crippen LogP contribution is -2.12. The molecule has 0 spiro atoms. The van der Waals surface area contributed by atoms with Crippen LogP contribution in [0.1, 0.15) is 130 Å². The monoisotopic (exact) mass is 598 g/mol. The lowest BCUT2D eigenvalue weighted by atomic mass is 10.0. The Bertz CT molecular complexity index is 968. The summed E-state index contributed by atoms with van der Waals surface area (Å²) in [4.78, 5) is 12.6. The Morgan fingerprint density at radius 2 is 0.953 bits per heavy atom. The van der Waals surface area contributed by atoms with Gasteiger partial charge in [-0.3, -0.25) is 0 Å². The van der Waals surface area contributed by atoms with Crippen molar-refractivity contribution in [1.82, 2.24) is 0 Å². The number of carbonyl (C=O) groups excluding carboxylic acids is 1. The standard InChI is InChI=1S/C38H62O5/c1-28(2)14-11-17-31(7)20-23-41-35-26-34(38(39)40-10)27-36(42-24-21-32(8)18-12-15-29(3)4)37(35)43-25-22-33(9)19-13-16-30(5)6/h14-16,26-27,31-33H,11-13,17-25H2,1-10H3/t31-,32-,33-/m0/s1. The third-order valence-electron chi connectivity index (χ3n) is 7.67. The van der Waals surface area contributed by atoms with Gasteiger partial charge in [-0.25, -0.2) is 4.79 Å². The molecule has 0 amide bonds. The summed E-state index contributed by atoms with van der Waals surface area (Å²) in [5.74, 6) is 2.83. The van der Waals surface area contributed by atoms with Gasteiger partial charge in [0.05, 0.1) is 32.5 Å². The summed E-state index contributed by atoms with van der Waals surface area (Å²) < 4.78 is 24.1. The number of ether oxygens (including phenoxy) is 4. The van der Waals surface area contributed by atoms with E-state index in [4.69, 9.17) is 18.9 Å². The second-order valence-corrected chi connectivity index (χ2v) is 13.1. The summed E-state index contributed by atoms with van der Waals surface area (Å²) in [6, 6.07) is 3.48. The lowest BCUT2D eigenvalue weighted by Gasteiger charge is -2.20. The summed E-state index contributed by atoms with van der Waals surface area (Å²) in [6.45, 7) is 21.2. The van der Waals surface area contributed by atoms with Gasteiger partial charge in [-0.1, -0.05) is 55.7 Å².